The highest BCUT2D eigenvalue weighted by molar-refractivity contribution is 6.06. The van der Waals surface area contributed by atoms with Gasteiger partial charge in [-0.3, -0.25) is 9.59 Å². The average molecular weight is 466 g/mol. The second-order valence-corrected chi connectivity index (χ2v) is 8.42. The molecule has 0 spiro atoms. The van der Waals surface area contributed by atoms with E-state index in [1.54, 1.807) is 41.2 Å². The molecular formula is C28H27N5O2. The molecule has 35 heavy (non-hydrogen) atoms. The van der Waals surface area contributed by atoms with Crippen molar-refractivity contribution in [1.29, 1.82) is 5.26 Å². The van der Waals surface area contributed by atoms with E-state index in [4.69, 9.17) is 5.26 Å². The van der Waals surface area contributed by atoms with Crippen LogP contribution in [0.1, 0.15) is 63.2 Å². The number of amides is 1. The lowest BCUT2D eigenvalue weighted by atomic mass is 9.95. The van der Waals surface area contributed by atoms with E-state index in [0.717, 1.165) is 11.1 Å². The van der Waals surface area contributed by atoms with Gasteiger partial charge in [0.2, 0.25) is 0 Å². The molecule has 7 nitrogen and oxygen atoms in total. The van der Waals surface area contributed by atoms with Crippen molar-refractivity contribution in [2.24, 2.45) is 0 Å². The fraction of sp³-hybridized carbons (Fsp3) is 0.214. The molecule has 0 radical (unpaired) electrons. The number of ketones is 1. The zero-order valence-corrected chi connectivity index (χ0v) is 19.7. The number of fused-ring (bicyclic) bond motifs is 1. The van der Waals surface area contributed by atoms with E-state index in [2.05, 4.69) is 28.7 Å². The summed E-state index contributed by atoms with van der Waals surface area (Å²) in [7, 11) is 0. The van der Waals surface area contributed by atoms with Crippen LogP contribution in [0.3, 0.4) is 0 Å². The summed E-state index contributed by atoms with van der Waals surface area (Å²) >= 11 is 0. The molecule has 0 saturated heterocycles. The first kappa shape index (κ1) is 23.9. The minimum Gasteiger partial charge on any atom is -0.352 e. The third-order valence-electron chi connectivity index (χ3n) is 6.01. The summed E-state index contributed by atoms with van der Waals surface area (Å²) in [6.07, 6.45) is 3.19. The van der Waals surface area contributed by atoms with Crippen LogP contribution in [0.5, 0.6) is 0 Å². The number of hydrogen-bond acceptors (Lipinski definition) is 5. The number of Topliss-reactive ketones (excluding diaryl/α,β-unsaturated/α-hetero) is 1. The number of pyridine rings is 1. The van der Waals surface area contributed by atoms with Gasteiger partial charge in [0.1, 0.15) is 0 Å². The van der Waals surface area contributed by atoms with Gasteiger partial charge >= 0.3 is 0 Å². The van der Waals surface area contributed by atoms with Crippen molar-refractivity contribution < 1.29 is 9.59 Å². The molecule has 7 heteroatoms. The summed E-state index contributed by atoms with van der Waals surface area (Å²) in [4.78, 5) is 25.9. The van der Waals surface area contributed by atoms with Crippen molar-refractivity contribution in [2.75, 3.05) is 13.1 Å². The second-order valence-electron chi connectivity index (χ2n) is 8.42. The Morgan fingerprint density at radius 3 is 2.46 bits per heavy atom. The first-order valence-electron chi connectivity index (χ1n) is 11.6. The van der Waals surface area contributed by atoms with Crippen LogP contribution in [-0.4, -0.2) is 34.4 Å². The topological polar surface area (TPSA) is 99.3 Å². The lowest BCUT2D eigenvalue weighted by molar-refractivity contribution is 0.0940. The SMILES string of the molecule is CCNC(=O)c1ccc2c(C(=O)C(NCC(C)c3ccc(C#N)cc3)c3ccccc3)cnn2c1. The Balaban J connectivity index is 1.59. The smallest absolute Gasteiger partial charge is 0.252 e. The number of rotatable bonds is 9. The van der Waals surface area contributed by atoms with Crippen molar-refractivity contribution in [2.45, 2.75) is 25.8 Å². The monoisotopic (exact) mass is 465 g/mol. The lowest BCUT2D eigenvalue weighted by Crippen LogP contribution is -2.31. The van der Waals surface area contributed by atoms with Gasteiger partial charge < -0.3 is 10.6 Å². The number of carbonyl (C=O) groups excluding carboxylic acids is 2. The number of carbonyl (C=O) groups is 2. The molecule has 176 valence electrons. The average Bonchev–Trinajstić information content (AvgIpc) is 3.32. The number of nitrogens with zero attached hydrogens (tertiary/aromatic N) is 3. The van der Waals surface area contributed by atoms with Gasteiger partial charge in [-0.05, 0) is 48.2 Å². The summed E-state index contributed by atoms with van der Waals surface area (Å²) < 4.78 is 1.57. The zero-order valence-electron chi connectivity index (χ0n) is 19.7. The molecule has 4 rings (SSSR count). The summed E-state index contributed by atoms with van der Waals surface area (Å²) in [5.41, 5.74) is 4.18. The summed E-state index contributed by atoms with van der Waals surface area (Å²) in [6, 6.07) is 22.1. The second kappa shape index (κ2) is 10.8. The highest BCUT2D eigenvalue weighted by Crippen LogP contribution is 2.24. The highest BCUT2D eigenvalue weighted by atomic mass is 16.1. The van der Waals surface area contributed by atoms with Crippen molar-refractivity contribution in [3.05, 3.63) is 107 Å². The molecule has 0 bridgehead atoms. The first-order chi connectivity index (χ1) is 17.0. The number of aromatic nitrogens is 2. The van der Waals surface area contributed by atoms with E-state index in [9.17, 15) is 9.59 Å². The molecule has 2 aromatic carbocycles. The predicted octanol–water partition coefficient (Wildman–Crippen LogP) is 4.27. The molecule has 2 aromatic heterocycles. The van der Waals surface area contributed by atoms with Crippen LogP contribution in [0.25, 0.3) is 5.52 Å². The molecule has 0 aliphatic carbocycles. The maximum atomic E-state index is 13.7. The normalized spacial score (nSPS) is 12.6. The maximum absolute atomic E-state index is 13.7. The number of benzene rings is 2. The van der Waals surface area contributed by atoms with E-state index in [1.165, 1.54) is 0 Å². The van der Waals surface area contributed by atoms with Gasteiger partial charge in [0.25, 0.3) is 5.91 Å². The Labute approximate surface area is 204 Å². The summed E-state index contributed by atoms with van der Waals surface area (Å²) in [5.74, 6) is -0.146. The van der Waals surface area contributed by atoms with Crippen LogP contribution in [0.4, 0.5) is 0 Å². The van der Waals surface area contributed by atoms with Crippen LogP contribution in [0, 0.1) is 11.3 Å². The molecule has 0 saturated carbocycles. The zero-order chi connectivity index (χ0) is 24.8. The molecule has 1 amide bonds. The Hall–Kier alpha value is -4.28. The van der Waals surface area contributed by atoms with Gasteiger partial charge in [-0.25, -0.2) is 4.52 Å². The predicted molar refractivity (Wildman–Crippen MR) is 134 cm³/mol. The first-order valence-corrected chi connectivity index (χ1v) is 11.6. The van der Waals surface area contributed by atoms with E-state index in [-0.39, 0.29) is 17.6 Å². The molecule has 0 aliphatic heterocycles. The van der Waals surface area contributed by atoms with E-state index in [0.29, 0.717) is 35.3 Å². The molecule has 2 unspecified atom stereocenters. The Bertz CT molecular complexity index is 1370. The summed E-state index contributed by atoms with van der Waals surface area (Å²) in [5, 5.41) is 19.6. The van der Waals surface area contributed by atoms with E-state index in [1.807, 2.05) is 49.4 Å². The van der Waals surface area contributed by atoms with Crippen LogP contribution in [0.2, 0.25) is 0 Å². The fourth-order valence-electron chi connectivity index (χ4n) is 4.03. The minimum absolute atomic E-state index is 0.0935. The standard InChI is InChI=1S/C28H27N5O2/c1-3-30-28(35)23-13-14-25-24(17-32-33(25)18-23)27(34)26(22-7-5-4-6-8-22)31-16-19(2)21-11-9-20(15-29)10-12-21/h4-14,17-19,26,31H,3,16H2,1-2H3,(H,30,35). The van der Waals surface area contributed by atoms with E-state index >= 15 is 0 Å². The van der Waals surface area contributed by atoms with Gasteiger partial charge in [0.05, 0.1) is 40.5 Å². The van der Waals surface area contributed by atoms with Gasteiger partial charge in [-0.15, -0.1) is 0 Å². The van der Waals surface area contributed by atoms with Gasteiger partial charge in [-0.1, -0.05) is 49.4 Å². The minimum atomic E-state index is -0.562. The van der Waals surface area contributed by atoms with Gasteiger partial charge in [0.15, 0.2) is 5.78 Å². The Kier molecular flexibility index (Phi) is 7.34. The van der Waals surface area contributed by atoms with Gasteiger partial charge in [-0.2, -0.15) is 10.4 Å². The highest BCUT2D eigenvalue weighted by Gasteiger charge is 2.25. The number of nitriles is 1. The van der Waals surface area contributed by atoms with E-state index < -0.39 is 6.04 Å². The van der Waals surface area contributed by atoms with Crippen molar-refractivity contribution in [3.8, 4) is 6.07 Å². The lowest BCUT2D eigenvalue weighted by Gasteiger charge is -2.21. The molecule has 4 aromatic rings. The fourth-order valence-corrected chi connectivity index (χ4v) is 4.03. The van der Waals surface area contributed by atoms with Crippen LogP contribution >= 0.6 is 0 Å². The molecular weight excluding hydrogens is 438 g/mol. The molecule has 0 fully saturated rings. The molecule has 2 heterocycles. The van der Waals surface area contributed by atoms with Crippen LogP contribution < -0.4 is 10.6 Å². The van der Waals surface area contributed by atoms with Crippen molar-refractivity contribution in [1.82, 2.24) is 20.2 Å². The third kappa shape index (κ3) is 5.29. The quantitative estimate of drug-likeness (QED) is 0.360. The third-order valence-corrected chi connectivity index (χ3v) is 6.01. The molecule has 2 atom stereocenters. The van der Waals surface area contributed by atoms with Crippen molar-refractivity contribution in [3.63, 3.8) is 0 Å². The van der Waals surface area contributed by atoms with Crippen LogP contribution in [-0.2, 0) is 0 Å². The molecule has 2 N–H and O–H groups in total. The Morgan fingerprint density at radius 1 is 1.03 bits per heavy atom. The summed E-state index contributed by atoms with van der Waals surface area (Å²) in [6.45, 7) is 5.04. The maximum Gasteiger partial charge on any atom is 0.252 e. The largest absolute Gasteiger partial charge is 0.352 e. The van der Waals surface area contributed by atoms with Gasteiger partial charge in [0, 0.05) is 19.3 Å². The number of nitrogens with one attached hydrogen (secondary N) is 2. The van der Waals surface area contributed by atoms with Crippen LogP contribution in [0.15, 0.2) is 79.1 Å². The molecule has 0 aliphatic rings. The number of hydrogen-bond donors (Lipinski definition) is 2. The van der Waals surface area contributed by atoms with Crippen molar-refractivity contribution >= 4 is 17.2 Å². The Morgan fingerprint density at radius 2 is 1.77 bits per heavy atom.